The SMILES string of the molecule is O=C([C@@H](CO)NC1(c2ccccc2)c2ccccc2-c2ccccc21)N1CCCO1. The van der Waals surface area contributed by atoms with Crippen molar-refractivity contribution in [1.29, 1.82) is 0 Å². The molecule has 5 nitrogen and oxygen atoms in total. The molecule has 0 aromatic heterocycles. The van der Waals surface area contributed by atoms with Gasteiger partial charge in [-0.1, -0.05) is 78.9 Å². The van der Waals surface area contributed by atoms with E-state index in [1.54, 1.807) is 0 Å². The molecule has 1 aliphatic carbocycles. The molecule has 1 fully saturated rings. The molecule has 5 heteroatoms. The largest absolute Gasteiger partial charge is 0.394 e. The highest BCUT2D eigenvalue weighted by Gasteiger charge is 2.47. The second-order valence-corrected chi connectivity index (χ2v) is 7.71. The van der Waals surface area contributed by atoms with E-state index >= 15 is 0 Å². The minimum absolute atomic E-state index is 0.243. The van der Waals surface area contributed by atoms with E-state index in [1.807, 2.05) is 42.5 Å². The number of hydrogen-bond acceptors (Lipinski definition) is 4. The van der Waals surface area contributed by atoms with Gasteiger partial charge in [-0.05, 0) is 34.2 Å². The number of fused-ring (bicyclic) bond motifs is 3. The maximum atomic E-state index is 13.1. The summed E-state index contributed by atoms with van der Waals surface area (Å²) >= 11 is 0. The Morgan fingerprint density at radius 3 is 2.13 bits per heavy atom. The molecule has 1 saturated heterocycles. The van der Waals surface area contributed by atoms with Gasteiger partial charge in [-0.2, -0.15) is 0 Å². The van der Waals surface area contributed by atoms with Crippen molar-refractivity contribution in [2.75, 3.05) is 19.8 Å². The van der Waals surface area contributed by atoms with E-state index in [1.165, 1.54) is 5.06 Å². The number of benzene rings is 3. The fourth-order valence-corrected chi connectivity index (χ4v) is 4.71. The predicted molar refractivity (Wildman–Crippen MR) is 114 cm³/mol. The first-order valence-corrected chi connectivity index (χ1v) is 10.3. The van der Waals surface area contributed by atoms with Gasteiger partial charge in [0.1, 0.15) is 6.04 Å². The molecule has 0 radical (unpaired) electrons. The molecule has 5 rings (SSSR count). The quantitative estimate of drug-likeness (QED) is 0.691. The molecule has 3 aromatic carbocycles. The van der Waals surface area contributed by atoms with Crippen LogP contribution in [0.4, 0.5) is 0 Å². The Hall–Kier alpha value is -2.99. The number of carbonyl (C=O) groups is 1. The Morgan fingerprint density at radius 2 is 1.57 bits per heavy atom. The number of aliphatic hydroxyl groups is 1. The summed E-state index contributed by atoms with van der Waals surface area (Å²) in [5.41, 5.74) is 4.68. The molecule has 0 saturated carbocycles. The minimum atomic E-state index is -0.803. The van der Waals surface area contributed by atoms with E-state index in [0.717, 1.165) is 34.2 Å². The Balaban J connectivity index is 1.69. The summed E-state index contributed by atoms with van der Waals surface area (Å²) in [6.45, 7) is 0.750. The van der Waals surface area contributed by atoms with Crippen LogP contribution in [0.3, 0.4) is 0 Å². The van der Waals surface area contributed by atoms with E-state index < -0.39 is 11.6 Å². The van der Waals surface area contributed by atoms with Crippen LogP contribution in [0.25, 0.3) is 11.1 Å². The molecule has 0 spiro atoms. The molecule has 1 aliphatic heterocycles. The van der Waals surface area contributed by atoms with Crippen LogP contribution in [0.5, 0.6) is 0 Å². The van der Waals surface area contributed by atoms with Crippen molar-refractivity contribution in [3.63, 3.8) is 0 Å². The van der Waals surface area contributed by atoms with E-state index in [-0.39, 0.29) is 12.5 Å². The van der Waals surface area contributed by atoms with Gasteiger partial charge < -0.3 is 5.11 Å². The zero-order chi connectivity index (χ0) is 20.6. The Bertz CT molecular complexity index is 1020. The van der Waals surface area contributed by atoms with Crippen molar-refractivity contribution in [2.45, 2.75) is 18.0 Å². The van der Waals surface area contributed by atoms with Crippen LogP contribution in [-0.4, -0.2) is 41.9 Å². The van der Waals surface area contributed by atoms with Gasteiger partial charge in [-0.15, -0.1) is 0 Å². The molecule has 30 heavy (non-hydrogen) atoms. The van der Waals surface area contributed by atoms with Gasteiger partial charge in [-0.25, -0.2) is 5.06 Å². The lowest BCUT2D eigenvalue weighted by atomic mass is 9.80. The minimum Gasteiger partial charge on any atom is -0.394 e. The van der Waals surface area contributed by atoms with Crippen LogP contribution in [-0.2, 0) is 15.2 Å². The summed E-state index contributed by atoms with van der Waals surface area (Å²) in [4.78, 5) is 18.6. The summed E-state index contributed by atoms with van der Waals surface area (Å²) in [7, 11) is 0. The summed E-state index contributed by atoms with van der Waals surface area (Å²) in [6, 6.07) is 25.8. The first kappa shape index (κ1) is 19.0. The van der Waals surface area contributed by atoms with Gasteiger partial charge in [-0.3, -0.25) is 14.9 Å². The third-order valence-electron chi connectivity index (χ3n) is 6.03. The fraction of sp³-hybridized carbons (Fsp3) is 0.240. The van der Waals surface area contributed by atoms with Crippen molar-refractivity contribution in [3.05, 3.63) is 95.6 Å². The van der Waals surface area contributed by atoms with Crippen molar-refractivity contribution < 1.29 is 14.7 Å². The van der Waals surface area contributed by atoms with Gasteiger partial charge >= 0.3 is 0 Å². The molecule has 3 aromatic rings. The van der Waals surface area contributed by atoms with Crippen LogP contribution in [0, 0.1) is 0 Å². The Kier molecular flexibility index (Phi) is 4.87. The van der Waals surface area contributed by atoms with Crippen LogP contribution < -0.4 is 5.32 Å². The monoisotopic (exact) mass is 400 g/mol. The van der Waals surface area contributed by atoms with Gasteiger partial charge in [0.05, 0.1) is 25.3 Å². The molecule has 0 bridgehead atoms. The molecule has 1 heterocycles. The first-order chi connectivity index (χ1) is 14.8. The summed E-state index contributed by atoms with van der Waals surface area (Å²) in [6.07, 6.45) is 0.805. The number of nitrogens with one attached hydrogen (secondary N) is 1. The van der Waals surface area contributed by atoms with Crippen molar-refractivity contribution in [3.8, 4) is 11.1 Å². The van der Waals surface area contributed by atoms with Gasteiger partial charge in [0, 0.05) is 0 Å². The number of aliphatic hydroxyl groups excluding tert-OH is 1. The third-order valence-corrected chi connectivity index (χ3v) is 6.03. The molecule has 2 aliphatic rings. The van der Waals surface area contributed by atoms with Crippen LogP contribution >= 0.6 is 0 Å². The zero-order valence-corrected chi connectivity index (χ0v) is 16.6. The molecular formula is C25H24N2O3. The smallest absolute Gasteiger partial charge is 0.265 e. The van der Waals surface area contributed by atoms with Crippen molar-refractivity contribution in [1.82, 2.24) is 10.4 Å². The highest BCUT2D eigenvalue weighted by Crippen LogP contribution is 2.51. The molecular weight excluding hydrogens is 376 g/mol. The van der Waals surface area contributed by atoms with E-state index in [4.69, 9.17) is 4.84 Å². The number of hydroxylamine groups is 2. The average molecular weight is 400 g/mol. The maximum Gasteiger partial charge on any atom is 0.265 e. The van der Waals surface area contributed by atoms with E-state index in [0.29, 0.717) is 13.2 Å². The van der Waals surface area contributed by atoms with Crippen molar-refractivity contribution >= 4 is 5.91 Å². The van der Waals surface area contributed by atoms with Crippen LogP contribution in [0.15, 0.2) is 78.9 Å². The summed E-state index contributed by atoms with van der Waals surface area (Å²) < 4.78 is 0. The van der Waals surface area contributed by atoms with Gasteiger partial charge in [0.25, 0.3) is 5.91 Å². The number of hydrogen-bond donors (Lipinski definition) is 2. The normalized spacial score (nSPS) is 17.4. The predicted octanol–water partition coefficient (Wildman–Crippen LogP) is 3.07. The van der Waals surface area contributed by atoms with E-state index in [2.05, 4.69) is 41.7 Å². The van der Waals surface area contributed by atoms with Crippen molar-refractivity contribution in [2.24, 2.45) is 0 Å². The van der Waals surface area contributed by atoms with Gasteiger partial charge in [0.15, 0.2) is 0 Å². The lowest BCUT2D eigenvalue weighted by molar-refractivity contribution is -0.172. The number of rotatable bonds is 5. The second kappa shape index (κ2) is 7.69. The third kappa shape index (κ3) is 2.86. The highest BCUT2D eigenvalue weighted by molar-refractivity contribution is 5.85. The lowest BCUT2D eigenvalue weighted by Crippen LogP contribution is -2.56. The first-order valence-electron chi connectivity index (χ1n) is 10.3. The number of amides is 1. The second-order valence-electron chi connectivity index (χ2n) is 7.71. The molecule has 1 atom stereocenters. The Morgan fingerprint density at radius 1 is 0.967 bits per heavy atom. The average Bonchev–Trinajstić information content (AvgIpc) is 3.44. The Labute approximate surface area is 175 Å². The van der Waals surface area contributed by atoms with Crippen LogP contribution in [0.2, 0.25) is 0 Å². The summed E-state index contributed by atoms with van der Waals surface area (Å²) in [5, 5.41) is 15.1. The highest BCUT2D eigenvalue weighted by atomic mass is 16.7. The molecule has 2 N–H and O–H groups in total. The number of carbonyl (C=O) groups excluding carboxylic acids is 1. The van der Waals surface area contributed by atoms with Crippen LogP contribution in [0.1, 0.15) is 23.1 Å². The maximum absolute atomic E-state index is 13.1. The topological polar surface area (TPSA) is 61.8 Å². The molecule has 0 unspecified atom stereocenters. The summed E-state index contributed by atoms with van der Waals surface area (Å²) in [5.74, 6) is -0.243. The van der Waals surface area contributed by atoms with E-state index in [9.17, 15) is 9.90 Å². The molecule has 1 amide bonds. The fourth-order valence-electron chi connectivity index (χ4n) is 4.71. The number of nitrogens with zero attached hydrogens (tertiary/aromatic N) is 1. The molecule has 152 valence electrons. The lowest BCUT2D eigenvalue weighted by Gasteiger charge is -2.37. The standard InChI is InChI=1S/C25H24N2O3/c28-17-23(24(29)27-15-8-16-30-27)26-25(18-9-2-1-3-10-18)21-13-6-4-11-19(21)20-12-5-7-14-22(20)25/h1-7,9-14,23,26,28H,8,15-17H2/t23-/m1/s1. The van der Waals surface area contributed by atoms with Gasteiger partial charge in [0.2, 0.25) is 0 Å². The zero-order valence-electron chi connectivity index (χ0n) is 16.6.